The Kier molecular flexibility index (Phi) is 8.48. The SMILES string of the molecule is C[C@H](NC(=O)[C@@H](O)c1cc(F)cc(F)c1)C(=O)N[C@@H]1C(=O)NC[C@H](c2ccccc2)C[C@H]1c1ccccc1. The molecule has 0 unspecified atom stereocenters. The van der Waals surface area contributed by atoms with Crippen molar-refractivity contribution in [3.63, 3.8) is 0 Å². The topological polar surface area (TPSA) is 108 Å². The molecule has 3 aromatic rings. The van der Waals surface area contributed by atoms with Crippen LogP contribution >= 0.6 is 0 Å². The number of amides is 3. The second-order valence-electron chi connectivity index (χ2n) is 9.43. The van der Waals surface area contributed by atoms with Gasteiger partial charge in [-0.1, -0.05) is 60.7 Å². The van der Waals surface area contributed by atoms with Crippen LogP contribution in [0.3, 0.4) is 0 Å². The summed E-state index contributed by atoms with van der Waals surface area (Å²) in [5.74, 6) is -4.22. The monoisotopic (exact) mass is 521 g/mol. The molecule has 1 aliphatic heterocycles. The average Bonchev–Trinajstić information content (AvgIpc) is 3.07. The van der Waals surface area contributed by atoms with Crippen molar-refractivity contribution in [1.29, 1.82) is 0 Å². The Morgan fingerprint density at radius 2 is 1.50 bits per heavy atom. The quantitative estimate of drug-likeness (QED) is 0.383. The van der Waals surface area contributed by atoms with Gasteiger partial charge in [0.1, 0.15) is 23.7 Å². The first kappa shape index (κ1) is 26.9. The van der Waals surface area contributed by atoms with Crippen LogP contribution in [0.5, 0.6) is 0 Å². The zero-order valence-corrected chi connectivity index (χ0v) is 20.7. The lowest BCUT2D eigenvalue weighted by molar-refractivity contribution is -0.135. The Hall–Kier alpha value is -4.11. The fourth-order valence-electron chi connectivity index (χ4n) is 4.74. The molecule has 4 N–H and O–H groups in total. The lowest BCUT2D eigenvalue weighted by Gasteiger charge is -2.28. The molecule has 4 rings (SSSR count). The molecule has 0 saturated carbocycles. The van der Waals surface area contributed by atoms with E-state index in [0.717, 1.165) is 23.3 Å². The lowest BCUT2D eigenvalue weighted by atomic mass is 9.82. The Labute approximate surface area is 219 Å². The van der Waals surface area contributed by atoms with Crippen LogP contribution in [-0.2, 0) is 14.4 Å². The van der Waals surface area contributed by atoms with E-state index in [4.69, 9.17) is 0 Å². The minimum atomic E-state index is -1.89. The summed E-state index contributed by atoms with van der Waals surface area (Å²) in [5, 5.41) is 18.3. The van der Waals surface area contributed by atoms with Crippen molar-refractivity contribution in [3.05, 3.63) is 107 Å². The summed E-state index contributed by atoms with van der Waals surface area (Å²) in [6, 6.07) is 19.5. The zero-order valence-electron chi connectivity index (χ0n) is 20.7. The van der Waals surface area contributed by atoms with Crippen LogP contribution in [0, 0.1) is 11.6 Å². The summed E-state index contributed by atoms with van der Waals surface area (Å²) < 4.78 is 27.0. The van der Waals surface area contributed by atoms with Gasteiger partial charge in [-0.25, -0.2) is 8.78 Å². The molecule has 0 aromatic heterocycles. The van der Waals surface area contributed by atoms with Gasteiger partial charge in [-0.2, -0.15) is 0 Å². The number of hydrogen-bond acceptors (Lipinski definition) is 4. The predicted molar refractivity (Wildman–Crippen MR) is 137 cm³/mol. The van der Waals surface area contributed by atoms with Gasteiger partial charge in [0.05, 0.1) is 0 Å². The van der Waals surface area contributed by atoms with E-state index >= 15 is 0 Å². The van der Waals surface area contributed by atoms with Gasteiger partial charge in [-0.15, -0.1) is 0 Å². The molecule has 9 heteroatoms. The van der Waals surface area contributed by atoms with Crippen LogP contribution < -0.4 is 16.0 Å². The number of aliphatic hydroxyl groups excluding tert-OH is 1. The molecule has 3 aromatic carbocycles. The molecule has 1 saturated heterocycles. The minimum Gasteiger partial charge on any atom is -0.378 e. The normalized spacial score (nSPS) is 20.9. The molecule has 3 amide bonds. The largest absolute Gasteiger partial charge is 0.378 e. The summed E-state index contributed by atoms with van der Waals surface area (Å²) in [6.45, 7) is 1.80. The first-order valence-corrected chi connectivity index (χ1v) is 12.4. The van der Waals surface area contributed by atoms with Crippen molar-refractivity contribution in [2.75, 3.05) is 6.54 Å². The highest BCUT2D eigenvalue weighted by atomic mass is 19.1. The smallest absolute Gasteiger partial charge is 0.254 e. The molecule has 0 spiro atoms. The van der Waals surface area contributed by atoms with E-state index in [2.05, 4.69) is 16.0 Å². The molecule has 0 bridgehead atoms. The number of nitrogens with one attached hydrogen (secondary N) is 3. The Morgan fingerprint density at radius 1 is 0.921 bits per heavy atom. The van der Waals surface area contributed by atoms with E-state index in [0.29, 0.717) is 19.0 Å². The molecule has 198 valence electrons. The fourth-order valence-corrected chi connectivity index (χ4v) is 4.74. The number of benzene rings is 3. The highest BCUT2D eigenvalue weighted by Crippen LogP contribution is 2.34. The molecule has 0 aliphatic carbocycles. The van der Waals surface area contributed by atoms with Crippen LogP contribution in [0.1, 0.15) is 48.0 Å². The van der Waals surface area contributed by atoms with Gasteiger partial charge in [-0.05, 0) is 42.2 Å². The molecule has 1 aliphatic rings. The second kappa shape index (κ2) is 12.0. The van der Waals surface area contributed by atoms with E-state index in [1.165, 1.54) is 6.92 Å². The number of carbonyl (C=O) groups is 3. The first-order valence-electron chi connectivity index (χ1n) is 12.4. The molecule has 1 fully saturated rings. The fraction of sp³-hybridized carbons (Fsp3) is 0.276. The zero-order chi connectivity index (χ0) is 27.2. The Balaban J connectivity index is 1.50. The predicted octanol–water partition coefficient (Wildman–Crippen LogP) is 3.08. The molecule has 5 atom stereocenters. The van der Waals surface area contributed by atoms with Crippen LogP contribution in [0.4, 0.5) is 8.78 Å². The van der Waals surface area contributed by atoms with E-state index < -0.39 is 41.6 Å². The molecule has 0 radical (unpaired) electrons. The number of halogens is 2. The second-order valence-corrected chi connectivity index (χ2v) is 9.43. The van der Waals surface area contributed by atoms with Crippen LogP contribution in [0.15, 0.2) is 78.9 Å². The minimum absolute atomic E-state index is 0.0196. The van der Waals surface area contributed by atoms with E-state index in [9.17, 15) is 28.3 Å². The van der Waals surface area contributed by atoms with E-state index in [1.807, 2.05) is 60.7 Å². The van der Waals surface area contributed by atoms with Crippen molar-refractivity contribution in [1.82, 2.24) is 16.0 Å². The van der Waals surface area contributed by atoms with Crippen LogP contribution in [-0.4, -0.2) is 41.5 Å². The summed E-state index contributed by atoms with van der Waals surface area (Å²) >= 11 is 0. The maximum atomic E-state index is 13.5. The highest BCUT2D eigenvalue weighted by molar-refractivity contribution is 5.93. The lowest BCUT2D eigenvalue weighted by Crippen LogP contribution is -2.54. The average molecular weight is 522 g/mol. The number of hydrogen-bond donors (Lipinski definition) is 4. The van der Waals surface area contributed by atoms with Gasteiger partial charge in [-0.3, -0.25) is 14.4 Å². The summed E-state index contributed by atoms with van der Waals surface area (Å²) in [5.41, 5.74) is 1.67. The molecule has 1 heterocycles. The molecular formula is C29H29F2N3O4. The summed E-state index contributed by atoms with van der Waals surface area (Å²) in [7, 11) is 0. The molecule has 7 nitrogen and oxygen atoms in total. The van der Waals surface area contributed by atoms with E-state index in [-0.39, 0.29) is 23.3 Å². The molecule has 38 heavy (non-hydrogen) atoms. The third-order valence-corrected chi connectivity index (χ3v) is 6.74. The van der Waals surface area contributed by atoms with Crippen LogP contribution in [0.2, 0.25) is 0 Å². The van der Waals surface area contributed by atoms with Crippen molar-refractivity contribution in [2.24, 2.45) is 0 Å². The van der Waals surface area contributed by atoms with Gasteiger partial charge in [0.2, 0.25) is 11.8 Å². The van der Waals surface area contributed by atoms with Gasteiger partial charge in [0.25, 0.3) is 5.91 Å². The third kappa shape index (κ3) is 6.41. The highest BCUT2D eigenvalue weighted by Gasteiger charge is 2.37. The van der Waals surface area contributed by atoms with Gasteiger partial charge in [0.15, 0.2) is 6.10 Å². The summed E-state index contributed by atoms with van der Waals surface area (Å²) in [4.78, 5) is 38.8. The van der Waals surface area contributed by atoms with Gasteiger partial charge in [0, 0.05) is 24.4 Å². The third-order valence-electron chi connectivity index (χ3n) is 6.74. The van der Waals surface area contributed by atoms with Gasteiger partial charge < -0.3 is 21.1 Å². The van der Waals surface area contributed by atoms with Crippen molar-refractivity contribution >= 4 is 17.7 Å². The number of rotatable bonds is 7. The number of carbonyl (C=O) groups excluding carboxylic acids is 3. The Morgan fingerprint density at radius 3 is 2.11 bits per heavy atom. The van der Waals surface area contributed by atoms with Crippen LogP contribution in [0.25, 0.3) is 0 Å². The maximum absolute atomic E-state index is 13.5. The first-order chi connectivity index (χ1) is 18.2. The maximum Gasteiger partial charge on any atom is 0.254 e. The van der Waals surface area contributed by atoms with Crippen molar-refractivity contribution in [2.45, 2.75) is 43.4 Å². The Bertz CT molecular complexity index is 1270. The number of aliphatic hydroxyl groups is 1. The van der Waals surface area contributed by atoms with Crippen molar-refractivity contribution in [3.8, 4) is 0 Å². The molecular weight excluding hydrogens is 492 g/mol. The van der Waals surface area contributed by atoms with Crippen molar-refractivity contribution < 1.29 is 28.3 Å². The van der Waals surface area contributed by atoms with Gasteiger partial charge >= 0.3 is 0 Å². The standard InChI is InChI=1S/C29H29F2N3O4/c1-17(33-29(38)26(35)20-12-22(30)15-23(31)13-20)27(36)34-25-24(19-10-6-3-7-11-19)14-21(16-32-28(25)37)18-8-4-2-5-9-18/h2-13,15,17,21,24-26,35H,14,16H2,1H3,(H,32,37)(H,33,38)(H,34,36)/t17-,21+,24-,25-,26-/m0/s1. The summed E-state index contributed by atoms with van der Waals surface area (Å²) in [6.07, 6.45) is -1.30. The van der Waals surface area contributed by atoms with E-state index in [1.54, 1.807) is 0 Å².